The van der Waals surface area contributed by atoms with E-state index in [0.29, 0.717) is 43.9 Å². The summed E-state index contributed by atoms with van der Waals surface area (Å²) in [4.78, 5) is 41.2. The lowest BCUT2D eigenvalue weighted by molar-refractivity contribution is 0.0625. The molecule has 5 rings (SSSR count). The molecule has 0 saturated carbocycles. The Morgan fingerprint density at radius 3 is 2.50 bits per heavy atom. The molecular formula is C25H22N2O5. The van der Waals surface area contributed by atoms with Crippen LogP contribution in [0.5, 0.6) is 0 Å². The van der Waals surface area contributed by atoms with Crippen molar-refractivity contribution in [3.8, 4) is 0 Å². The highest BCUT2D eigenvalue weighted by atomic mass is 16.4. The zero-order valence-electron chi connectivity index (χ0n) is 17.7. The van der Waals surface area contributed by atoms with Crippen LogP contribution in [-0.2, 0) is 6.54 Å². The summed E-state index contributed by atoms with van der Waals surface area (Å²) in [6, 6.07) is 16.1. The summed E-state index contributed by atoms with van der Waals surface area (Å²) in [6.07, 6.45) is 0. The predicted octanol–water partition coefficient (Wildman–Crippen LogP) is 3.17. The van der Waals surface area contributed by atoms with E-state index in [2.05, 4.69) is 4.90 Å². The molecule has 2 aromatic heterocycles. The van der Waals surface area contributed by atoms with Crippen LogP contribution in [0.1, 0.15) is 21.5 Å². The van der Waals surface area contributed by atoms with Crippen LogP contribution < -0.4 is 11.3 Å². The van der Waals surface area contributed by atoms with Crippen molar-refractivity contribution in [1.29, 1.82) is 0 Å². The first-order chi connectivity index (χ1) is 15.5. The lowest BCUT2D eigenvalue weighted by Crippen LogP contribution is -2.49. The van der Waals surface area contributed by atoms with Gasteiger partial charge in [0.1, 0.15) is 16.7 Å². The molecule has 1 aliphatic rings. The van der Waals surface area contributed by atoms with Gasteiger partial charge in [-0.15, -0.1) is 0 Å². The van der Waals surface area contributed by atoms with Crippen LogP contribution in [0.4, 0.5) is 0 Å². The Morgan fingerprint density at radius 1 is 0.906 bits per heavy atom. The lowest BCUT2D eigenvalue weighted by Gasteiger charge is -2.34. The van der Waals surface area contributed by atoms with Crippen LogP contribution in [0.2, 0.25) is 0 Å². The standard InChI is InChI=1S/C25H22N2O5/c1-16-6-7-19-18(14-23(28)31-22(19)12-16)15-26-8-10-27(11-9-26)24(29)20-13-17-4-2-3-5-21(17)32-25(20)30/h2-7,12-14H,8-11,15H2,1H3. The number of fused-ring (bicyclic) bond motifs is 2. The van der Waals surface area contributed by atoms with Crippen molar-refractivity contribution in [3.05, 3.63) is 92.1 Å². The van der Waals surface area contributed by atoms with Gasteiger partial charge in [-0.3, -0.25) is 9.69 Å². The van der Waals surface area contributed by atoms with E-state index in [9.17, 15) is 14.4 Å². The summed E-state index contributed by atoms with van der Waals surface area (Å²) in [5.41, 5.74) is 2.07. The number of amides is 1. The first-order valence-corrected chi connectivity index (χ1v) is 10.6. The number of aryl methyl sites for hydroxylation is 1. The summed E-state index contributed by atoms with van der Waals surface area (Å²) in [6.45, 7) is 4.80. The van der Waals surface area contributed by atoms with E-state index in [1.807, 2.05) is 37.3 Å². The number of rotatable bonds is 3. The molecule has 1 aliphatic heterocycles. The average molecular weight is 430 g/mol. The van der Waals surface area contributed by atoms with Crippen molar-refractivity contribution in [3.63, 3.8) is 0 Å². The molecule has 0 spiro atoms. The topological polar surface area (TPSA) is 84.0 Å². The van der Waals surface area contributed by atoms with Crippen molar-refractivity contribution in [2.45, 2.75) is 13.5 Å². The molecule has 4 aromatic rings. The molecule has 0 radical (unpaired) electrons. The Hall–Kier alpha value is -3.71. The van der Waals surface area contributed by atoms with Gasteiger partial charge in [-0.1, -0.05) is 30.3 Å². The van der Waals surface area contributed by atoms with Crippen LogP contribution >= 0.6 is 0 Å². The minimum Gasteiger partial charge on any atom is -0.423 e. The Bertz CT molecular complexity index is 1440. The number of piperazine rings is 1. The number of para-hydroxylation sites is 1. The van der Waals surface area contributed by atoms with E-state index in [0.717, 1.165) is 21.9 Å². The predicted molar refractivity (Wildman–Crippen MR) is 121 cm³/mol. The molecule has 2 aromatic carbocycles. The molecule has 3 heterocycles. The molecule has 0 unspecified atom stereocenters. The molecule has 0 bridgehead atoms. The van der Waals surface area contributed by atoms with E-state index in [4.69, 9.17) is 8.83 Å². The van der Waals surface area contributed by atoms with Gasteiger partial charge in [-0.2, -0.15) is 0 Å². The van der Waals surface area contributed by atoms with Crippen molar-refractivity contribution < 1.29 is 13.6 Å². The molecule has 32 heavy (non-hydrogen) atoms. The third kappa shape index (κ3) is 3.83. The van der Waals surface area contributed by atoms with Gasteiger partial charge < -0.3 is 13.7 Å². The first kappa shape index (κ1) is 20.2. The maximum atomic E-state index is 13.0. The maximum absolute atomic E-state index is 13.0. The summed E-state index contributed by atoms with van der Waals surface area (Å²) >= 11 is 0. The molecule has 162 valence electrons. The molecular weight excluding hydrogens is 408 g/mol. The largest absolute Gasteiger partial charge is 0.423 e. The fourth-order valence-corrected chi connectivity index (χ4v) is 4.20. The number of carbonyl (C=O) groups is 1. The zero-order valence-corrected chi connectivity index (χ0v) is 17.7. The van der Waals surface area contributed by atoms with Gasteiger partial charge in [-0.05, 0) is 36.2 Å². The van der Waals surface area contributed by atoms with Crippen LogP contribution in [0.3, 0.4) is 0 Å². The number of hydrogen-bond acceptors (Lipinski definition) is 6. The molecule has 0 N–H and O–H groups in total. The molecule has 7 heteroatoms. The second kappa shape index (κ2) is 8.09. The fraction of sp³-hybridized carbons (Fsp3) is 0.240. The Kier molecular flexibility index (Phi) is 5.11. The van der Waals surface area contributed by atoms with Gasteiger partial charge in [0.2, 0.25) is 0 Å². The lowest BCUT2D eigenvalue weighted by atomic mass is 10.1. The van der Waals surface area contributed by atoms with Crippen molar-refractivity contribution in [2.75, 3.05) is 26.2 Å². The van der Waals surface area contributed by atoms with Crippen LogP contribution in [0.15, 0.2) is 73.0 Å². The van der Waals surface area contributed by atoms with E-state index in [-0.39, 0.29) is 17.1 Å². The first-order valence-electron chi connectivity index (χ1n) is 10.6. The normalized spacial score (nSPS) is 14.8. The van der Waals surface area contributed by atoms with Crippen molar-refractivity contribution in [1.82, 2.24) is 9.80 Å². The van der Waals surface area contributed by atoms with Gasteiger partial charge in [0.25, 0.3) is 5.91 Å². The number of carbonyl (C=O) groups excluding carboxylic acids is 1. The summed E-state index contributed by atoms with van der Waals surface area (Å²) in [7, 11) is 0. The smallest absolute Gasteiger partial charge is 0.349 e. The molecule has 7 nitrogen and oxygen atoms in total. The third-order valence-electron chi connectivity index (χ3n) is 5.91. The van der Waals surface area contributed by atoms with Crippen LogP contribution in [-0.4, -0.2) is 41.9 Å². The van der Waals surface area contributed by atoms with E-state index < -0.39 is 5.63 Å². The maximum Gasteiger partial charge on any atom is 0.349 e. The summed E-state index contributed by atoms with van der Waals surface area (Å²) in [5, 5.41) is 1.64. The van der Waals surface area contributed by atoms with Crippen molar-refractivity contribution >= 4 is 27.8 Å². The highest BCUT2D eigenvalue weighted by molar-refractivity contribution is 5.96. The number of nitrogens with zero attached hydrogens (tertiary/aromatic N) is 2. The monoisotopic (exact) mass is 430 g/mol. The molecule has 1 fully saturated rings. The summed E-state index contributed by atoms with van der Waals surface area (Å²) < 4.78 is 10.7. The van der Waals surface area contributed by atoms with E-state index >= 15 is 0 Å². The van der Waals surface area contributed by atoms with E-state index in [1.54, 1.807) is 23.1 Å². The minimum absolute atomic E-state index is 0.0548. The van der Waals surface area contributed by atoms with E-state index in [1.165, 1.54) is 6.07 Å². The zero-order chi connectivity index (χ0) is 22.2. The van der Waals surface area contributed by atoms with Gasteiger partial charge in [0.15, 0.2) is 0 Å². The molecule has 0 aliphatic carbocycles. The minimum atomic E-state index is -0.617. The second-order valence-corrected chi connectivity index (χ2v) is 8.14. The Labute approximate surface area is 183 Å². The SMILES string of the molecule is Cc1ccc2c(CN3CCN(C(=O)c4cc5ccccc5oc4=O)CC3)cc(=O)oc2c1. The van der Waals surface area contributed by atoms with Crippen molar-refractivity contribution in [2.24, 2.45) is 0 Å². The van der Waals surface area contributed by atoms with Crippen LogP contribution in [0, 0.1) is 6.92 Å². The molecule has 0 atom stereocenters. The van der Waals surface area contributed by atoms with Crippen LogP contribution in [0.25, 0.3) is 21.9 Å². The second-order valence-electron chi connectivity index (χ2n) is 8.14. The third-order valence-corrected chi connectivity index (χ3v) is 5.91. The fourth-order valence-electron chi connectivity index (χ4n) is 4.20. The quantitative estimate of drug-likeness (QED) is 0.464. The van der Waals surface area contributed by atoms with Gasteiger partial charge in [-0.25, -0.2) is 9.59 Å². The molecule has 1 amide bonds. The number of hydrogen-bond donors (Lipinski definition) is 0. The Balaban J connectivity index is 1.31. The highest BCUT2D eigenvalue weighted by Crippen LogP contribution is 2.21. The summed E-state index contributed by atoms with van der Waals surface area (Å²) in [5.74, 6) is -0.314. The highest BCUT2D eigenvalue weighted by Gasteiger charge is 2.25. The Morgan fingerprint density at radius 2 is 1.69 bits per heavy atom. The van der Waals surface area contributed by atoms with Gasteiger partial charge in [0.05, 0.1) is 0 Å². The average Bonchev–Trinajstić information content (AvgIpc) is 2.78. The van der Waals surface area contributed by atoms with Gasteiger partial charge >= 0.3 is 11.3 Å². The molecule has 1 saturated heterocycles. The number of benzene rings is 2. The van der Waals surface area contributed by atoms with Gasteiger partial charge in [0, 0.05) is 49.6 Å².